The highest BCUT2D eigenvalue weighted by molar-refractivity contribution is 5.76. The zero-order valence-electron chi connectivity index (χ0n) is 15.6. The summed E-state index contributed by atoms with van der Waals surface area (Å²) in [6.45, 7) is 6.30. The van der Waals surface area contributed by atoms with Crippen LogP contribution in [0.2, 0.25) is 0 Å². The van der Waals surface area contributed by atoms with Gasteiger partial charge in [-0.1, -0.05) is 29.8 Å². The monoisotopic (exact) mass is 340 g/mol. The minimum atomic E-state index is 0.217. The molecule has 2 heterocycles. The summed E-state index contributed by atoms with van der Waals surface area (Å²) in [5.41, 5.74) is 3.58. The van der Waals surface area contributed by atoms with Crippen LogP contribution < -0.4 is 0 Å². The maximum atomic E-state index is 12.7. The van der Waals surface area contributed by atoms with Gasteiger partial charge in [0, 0.05) is 44.2 Å². The second-order valence-electron chi connectivity index (χ2n) is 7.32. The van der Waals surface area contributed by atoms with Crippen molar-refractivity contribution in [2.24, 2.45) is 0 Å². The number of rotatable bonds is 5. The lowest BCUT2D eigenvalue weighted by Crippen LogP contribution is -2.36. The normalized spacial score (nSPS) is 20.4. The van der Waals surface area contributed by atoms with Gasteiger partial charge in [-0.3, -0.25) is 9.48 Å². The van der Waals surface area contributed by atoms with E-state index in [2.05, 4.69) is 55.3 Å². The van der Waals surface area contributed by atoms with Crippen LogP contribution >= 0.6 is 0 Å². The number of carbonyl (C=O) groups excluding carboxylic acids is 1. The van der Waals surface area contributed by atoms with Crippen LogP contribution in [0.3, 0.4) is 0 Å². The van der Waals surface area contributed by atoms with E-state index >= 15 is 0 Å². The molecule has 2 aromatic rings. The molecule has 1 saturated heterocycles. The van der Waals surface area contributed by atoms with Crippen LogP contribution in [0.4, 0.5) is 0 Å². The Morgan fingerprint density at radius 1 is 1.16 bits per heavy atom. The Morgan fingerprint density at radius 3 is 2.48 bits per heavy atom. The van der Waals surface area contributed by atoms with Gasteiger partial charge in [-0.2, -0.15) is 5.10 Å². The maximum absolute atomic E-state index is 12.7. The molecule has 1 fully saturated rings. The lowest BCUT2D eigenvalue weighted by molar-refractivity contribution is -0.130. The lowest BCUT2D eigenvalue weighted by Gasteiger charge is -2.25. The van der Waals surface area contributed by atoms with Crippen molar-refractivity contribution in [2.45, 2.75) is 38.8 Å². The van der Waals surface area contributed by atoms with Gasteiger partial charge in [0.1, 0.15) is 0 Å². The lowest BCUT2D eigenvalue weighted by atomic mass is 9.93. The Kier molecular flexibility index (Phi) is 5.23. The molecule has 1 aliphatic heterocycles. The molecule has 1 amide bonds. The fourth-order valence-electron chi connectivity index (χ4n) is 3.61. The van der Waals surface area contributed by atoms with Gasteiger partial charge in [0.2, 0.25) is 5.91 Å². The number of likely N-dealkylation sites (N-methyl/N-ethyl adjacent to an activating group) is 1. The third kappa shape index (κ3) is 4.10. The molecule has 0 bridgehead atoms. The molecule has 3 rings (SSSR count). The van der Waals surface area contributed by atoms with Crippen molar-refractivity contribution in [2.75, 3.05) is 27.2 Å². The topological polar surface area (TPSA) is 41.4 Å². The van der Waals surface area contributed by atoms with Gasteiger partial charge in [-0.05, 0) is 39.6 Å². The molecule has 2 atom stereocenters. The molecule has 0 N–H and O–H groups in total. The summed E-state index contributed by atoms with van der Waals surface area (Å²) in [7, 11) is 4.21. The minimum Gasteiger partial charge on any atom is -0.340 e. The second-order valence-corrected chi connectivity index (χ2v) is 7.32. The quantitative estimate of drug-likeness (QED) is 0.839. The Labute approximate surface area is 150 Å². The van der Waals surface area contributed by atoms with Gasteiger partial charge in [0.05, 0.1) is 5.69 Å². The standard InChI is InChI=1S/C20H28N4O/c1-15-5-7-17(8-6-15)18-13-23(14-19(18)22(3)4)20(25)10-12-24-11-9-16(2)21-24/h5-9,11,18-19H,10,12-14H2,1-4H3/t18-,19+/m0/s1. The van der Waals surface area contributed by atoms with Gasteiger partial charge < -0.3 is 9.80 Å². The van der Waals surface area contributed by atoms with Crippen molar-refractivity contribution in [3.05, 3.63) is 53.3 Å². The third-order valence-corrected chi connectivity index (χ3v) is 5.14. The highest BCUT2D eigenvalue weighted by atomic mass is 16.2. The van der Waals surface area contributed by atoms with Gasteiger partial charge in [0.25, 0.3) is 0 Å². The van der Waals surface area contributed by atoms with E-state index in [9.17, 15) is 4.79 Å². The van der Waals surface area contributed by atoms with Crippen LogP contribution in [0.5, 0.6) is 0 Å². The van der Waals surface area contributed by atoms with Crippen LogP contribution in [-0.2, 0) is 11.3 Å². The number of amides is 1. The van der Waals surface area contributed by atoms with E-state index in [4.69, 9.17) is 0 Å². The molecule has 1 aliphatic rings. The van der Waals surface area contributed by atoms with Crippen molar-refractivity contribution >= 4 is 5.91 Å². The van der Waals surface area contributed by atoms with E-state index in [1.807, 2.05) is 28.8 Å². The van der Waals surface area contributed by atoms with Crippen molar-refractivity contribution in [3.63, 3.8) is 0 Å². The van der Waals surface area contributed by atoms with Crippen molar-refractivity contribution in [1.82, 2.24) is 19.6 Å². The summed E-state index contributed by atoms with van der Waals surface area (Å²) in [6.07, 6.45) is 2.44. The predicted octanol–water partition coefficient (Wildman–Crippen LogP) is 2.45. The van der Waals surface area contributed by atoms with Gasteiger partial charge in [-0.25, -0.2) is 0 Å². The summed E-state index contributed by atoms with van der Waals surface area (Å²) >= 11 is 0. The van der Waals surface area contributed by atoms with Crippen molar-refractivity contribution < 1.29 is 4.79 Å². The van der Waals surface area contributed by atoms with E-state index in [-0.39, 0.29) is 5.91 Å². The number of aromatic nitrogens is 2. The molecular weight excluding hydrogens is 312 g/mol. The van der Waals surface area contributed by atoms with E-state index in [1.165, 1.54) is 11.1 Å². The number of benzene rings is 1. The second kappa shape index (κ2) is 7.40. The SMILES string of the molecule is Cc1ccc([C@@H]2CN(C(=O)CCn3ccc(C)n3)C[C@H]2N(C)C)cc1. The zero-order chi connectivity index (χ0) is 18.0. The molecule has 0 spiro atoms. The summed E-state index contributed by atoms with van der Waals surface area (Å²) in [5, 5.41) is 4.36. The Balaban J connectivity index is 1.66. The van der Waals surface area contributed by atoms with Crippen LogP contribution in [0.15, 0.2) is 36.5 Å². The molecule has 0 aliphatic carbocycles. The van der Waals surface area contributed by atoms with Crippen LogP contribution in [0.1, 0.15) is 29.2 Å². The number of nitrogens with zero attached hydrogens (tertiary/aromatic N) is 4. The van der Waals surface area contributed by atoms with Crippen molar-refractivity contribution in [3.8, 4) is 0 Å². The van der Waals surface area contributed by atoms with Crippen LogP contribution in [-0.4, -0.2) is 58.7 Å². The number of carbonyl (C=O) groups is 1. The molecular formula is C20H28N4O. The first-order chi connectivity index (χ1) is 11.9. The first kappa shape index (κ1) is 17.7. The predicted molar refractivity (Wildman–Crippen MR) is 99.6 cm³/mol. The largest absolute Gasteiger partial charge is 0.340 e. The number of hydrogen-bond donors (Lipinski definition) is 0. The minimum absolute atomic E-state index is 0.217. The molecule has 25 heavy (non-hydrogen) atoms. The molecule has 134 valence electrons. The third-order valence-electron chi connectivity index (χ3n) is 5.14. The molecule has 0 radical (unpaired) electrons. The number of aryl methyl sites for hydroxylation is 3. The van der Waals surface area contributed by atoms with E-state index in [0.29, 0.717) is 24.9 Å². The molecule has 1 aromatic heterocycles. The Hall–Kier alpha value is -2.14. The smallest absolute Gasteiger partial charge is 0.224 e. The van der Waals surface area contributed by atoms with E-state index in [0.717, 1.165) is 18.8 Å². The summed E-state index contributed by atoms with van der Waals surface area (Å²) in [6, 6.07) is 11.1. The zero-order valence-corrected chi connectivity index (χ0v) is 15.6. The van der Waals surface area contributed by atoms with Crippen LogP contribution in [0, 0.1) is 13.8 Å². The molecule has 0 saturated carbocycles. The number of likely N-dealkylation sites (tertiary alicyclic amines) is 1. The molecule has 5 heteroatoms. The van der Waals surface area contributed by atoms with Crippen LogP contribution in [0.25, 0.3) is 0 Å². The molecule has 1 aromatic carbocycles. The Morgan fingerprint density at radius 2 is 1.88 bits per heavy atom. The first-order valence-electron chi connectivity index (χ1n) is 8.95. The summed E-state index contributed by atoms with van der Waals surface area (Å²) < 4.78 is 1.85. The first-order valence-corrected chi connectivity index (χ1v) is 8.95. The average Bonchev–Trinajstić information content (AvgIpc) is 3.20. The number of hydrogen-bond acceptors (Lipinski definition) is 3. The van der Waals surface area contributed by atoms with E-state index < -0.39 is 0 Å². The Bertz CT molecular complexity index is 720. The fourth-order valence-corrected chi connectivity index (χ4v) is 3.61. The molecule has 5 nitrogen and oxygen atoms in total. The van der Waals surface area contributed by atoms with Gasteiger partial charge >= 0.3 is 0 Å². The van der Waals surface area contributed by atoms with E-state index in [1.54, 1.807) is 0 Å². The van der Waals surface area contributed by atoms with Gasteiger partial charge in [-0.15, -0.1) is 0 Å². The highest BCUT2D eigenvalue weighted by Crippen LogP contribution is 2.30. The van der Waals surface area contributed by atoms with Crippen molar-refractivity contribution in [1.29, 1.82) is 0 Å². The fraction of sp³-hybridized carbons (Fsp3) is 0.500. The maximum Gasteiger partial charge on any atom is 0.224 e. The highest BCUT2D eigenvalue weighted by Gasteiger charge is 2.37. The average molecular weight is 340 g/mol. The molecule has 0 unspecified atom stereocenters. The summed E-state index contributed by atoms with van der Waals surface area (Å²) in [5.74, 6) is 0.584. The van der Waals surface area contributed by atoms with Gasteiger partial charge in [0.15, 0.2) is 0 Å². The summed E-state index contributed by atoms with van der Waals surface area (Å²) in [4.78, 5) is 17.0.